The third-order valence-corrected chi connectivity index (χ3v) is 2.26. The van der Waals surface area contributed by atoms with Crippen molar-refractivity contribution >= 4 is 23.7 Å². The van der Waals surface area contributed by atoms with Crippen molar-refractivity contribution in [2.45, 2.75) is 20.8 Å². The summed E-state index contributed by atoms with van der Waals surface area (Å²) in [6.07, 6.45) is 0. The molecule has 9 heteroatoms. The second kappa shape index (κ2) is 12.7. The van der Waals surface area contributed by atoms with Crippen molar-refractivity contribution in [3.63, 3.8) is 0 Å². The Morgan fingerprint density at radius 1 is 0.682 bits per heavy atom. The lowest BCUT2D eigenvalue weighted by molar-refractivity contribution is -0.143. The number of hydrogen-bond donors (Lipinski definition) is 3. The first kappa shape index (κ1) is 22.3. The van der Waals surface area contributed by atoms with E-state index in [1.165, 1.54) is 11.8 Å². The molecule has 0 amide bonds. The summed E-state index contributed by atoms with van der Waals surface area (Å²) in [5.41, 5.74) is 0. The van der Waals surface area contributed by atoms with Gasteiger partial charge in [0.05, 0.1) is 26.2 Å². The molecule has 0 heterocycles. The molecule has 0 bridgehead atoms. The molecule has 0 rings (SSSR count). The van der Waals surface area contributed by atoms with Gasteiger partial charge < -0.3 is 15.3 Å². The van der Waals surface area contributed by atoms with Crippen molar-refractivity contribution in [3.8, 4) is 0 Å². The summed E-state index contributed by atoms with van der Waals surface area (Å²) in [6, 6.07) is 0. The minimum Gasteiger partial charge on any atom is -0.480 e. The van der Waals surface area contributed by atoms with E-state index in [2.05, 4.69) is 0 Å². The molecule has 0 spiro atoms. The van der Waals surface area contributed by atoms with Crippen LogP contribution in [-0.2, 0) is 19.2 Å². The maximum Gasteiger partial charge on any atom is 0.317 e. The van der Waals surface area contributed by atoms with Gasteiger partial charge in [-0.05, 0) is 6.92 Å². The molecule has 0 aromatic heterocycles. The zero-order valence-corrected chi connectivity index (χ0v) is 13.1. The number of carboxylic acid groups (broad SMARTS) is 3. The summed E-state index contributed by atoms with van der Waals surface area (Å²) in [5.74, 6) is -3.70. The minimum absolute atomic E-state index is 0.0408. The standard InChI is InChI=1S/C11H18N2O7.C2H6/c1-8(14)4-12(5-9(15)16)2-3-13(6-10(17)18)7-11(19)20;1-2/h2-7H2,1H3,(H,15,16)(H,17,18)(H,19,20);1-2H3. The minimum atomic E-state index is -1.18. The van der Waals surface area contributed by atoms with Gasteiger partial charge >= 0.3 is 17.9 Å². The zero-order chi connectivity index (χ0) is 17.7. The summed E-state index contributed by atoms with van der Waals surface area (Å²) >= 11 is 0. The summed E-state index contributed by atoms with van der Waals surface area (Å²) in [5, 5.41) is 26.0. The Kier molecular flexibility index (Phi) is 12.9. The third-order valence-electron chi connectivity index (χ3n) is 2.26. The predicted molar refractivity (Wildman–Crippen MR) is 77.8 cm³/mol. The van der Waals surface area contributed by atoms with Crippen molar-refractivity contribution in [2.24, 2.45) is 0 Å². The van der Waals surface area contributed by atoms with E-state index in [1.54, 1.807) is 0 Å². The average Bonchev–Trinajstić information content (AvgIpc) is 2.35. The number of carbonyl (C=O) groups excluding carboxylic acids is 1. The second-order valence-electron chi connectivity index (χ2n) is 4.30. The zero-order valence-electron chi connectivity index (χ0n) is 13.1. The van der Waals surface area contributed by atoms with E-state index >= 15 is 0 Å². The molecule has 0 atom stereocenters. The Morgan fingerprint density at radius 3 is 1.18 bits per heavy atom. The number of Topliss-reactive ketones (excluding diaryl/α,β-unsaturated/α-hetero) is 1. The van der Waals surface area contributed by atoms with Crippen LogP contribution in [0.1, 0.15) is 20.8 Å². The summed E-state index contributed by atoms with van der Waals surface area (Å²) in [7, 11) is 0. The molecule has 0 aromatic carbocycles. The smallest absolute Gasteiger partial charge is 0.317 e. The van der Waals surface area contributed by atoms with E-state index in [1.807, 2.05) is 13.8 Å². The molecule has 0 saturated carbocycles. The molecule has 9 nitrogen and oxygen atoms in total. The molecule has 0 aromatic rings. The first-order valence-corrected chi connectivity index (χ1v) is 6.80. The highest BCUT2D eigenvalue weighted by Crippen LogP contribution is 1.94. The number of carboxylic acids is 3. The lowest BCUT2D eigenvalue weighted by Crippen LogP contribution is -2.43. The molecule has 0 aliphatic heterocycles. The van der Waals surface area contributed by atoms with Crippen LogP contribution in [-0.4, -0.2) is 88.1 Å². The van der Waals surface area contributed by atoms with E-state index in [-0.39, 0.29) is 32.0 Å². The van der Waals surface area contributed by atoms with Gasteiger partial charge in [-0.3, -0.25) is 29.0 Å². The average molecular weight is 320 g/mol. The molecule has 0 radical (unpaired) electrons. The molecule has 0 unspecified atom stereocenters. The van der Waals surface area contributed by atoms with Gasteiger partial charge in [0.25, 0.3) is 0 Å². The Bertz CT molecular complexity index is 317. The molecule has 128 valence electrons. The van der Waals surface area contributed by atoms with Gasteiger partial charge in [-0.2, -0.15) is 0 Å². The number of rotatable bonds is 11. The van der Waals surface area contributed by atoms with Gasteiger partial charge in [0.1, 0.15) is 5.78 Å². The summed E-state index contributed by atoms with van der Waals surface area (Å²) in [4.78, 5) is 45.3. The second-order valence-corrected chi connectivity index (χ2v) is 4.30. The van der Waals surface area contributed by atoms with Crippen LogP contribution in [0.4, 0.5) is 0 Å². The Balaban J connectivity index is 0. The van der Waals surface area contributed by atoms with Crippen LogP contribution in [0, 0.1) is 0 Å². The van der Waals surface area contributed by atoms with E-state index in [9.17, 15) is 19.2 Å². The fraction of sp³-hybridized carbons (Fsp3) is 0.692. The van der Waals surface area contributed by atoms with E-state index < -0.39 is 31.0 Å². The molecule has 0 aliphatic carbocycles. The topological polar surface area (TPSA) is 135 Å². The van der Waals surface area contributed by atoms with Gasteiger partial charge in [-0.25, -0.2) is 0 Å². The van der Waals surface area contributed by atoms with Gasteiger partial charge in [0, 0.05) is 13.1 Å². The van der Waals surface area contributed by atoms with Gasteiger partial charge in [0.15, 0.2) is 0 Å². The highest BCUT2D eigenvalue weighted by molar-refractivity contribution is 5.78. The highest BCUT2D eigenvalue weighted by Gasteiger charge is 2.17. The van der Waals surface area contributed by atoms with Gasteiger partial charge in [-0.1, -0.05) is 13.8 Å². The van der Waals surface area contributed by atoms with Gasteiger partial charge in [-0.15, -0.1) is 0 Å². The monoisotopic (exact) mass is 320 g/mol. The maximum absolute atomic E-state index is 11.0. The van der Waals surface area contributed by atoms with E-state index in [0.717, 1.165) is 4.90 Å². The predicted octanol–water partition coefficient (Wildman–Crippen LogP) is -0.541. The van der Waals surface area contributed by atoms with Crippen molar-refractivity contribution in [1.29, 1.82) is 0 Å². The van der Waals surface area contributed by atoms with Crippen LogP contribution in [0.5, 0.6) is 0 Å². The first-order valence-electron chi connectivity index (χ1n) is 6.80. The van der Waals surface area contributed by atoms with Crippen molar-refractivity contribution in [1.82, 2.24) is 9.80 Å². The molecule has 0 saturated heterocycles. The van der Waals surface area contributed by atoms with Crippen molar-refractivity contribution < 1.29 is 34.5 Å². The molecule has 0 fully saturated rings. The van der Waals surface area contributed by atoms with Gasteiger partial charge in [0.2, 0.25) is 0 Å². The quantitative estimate of drug-likeness (QED) is 0.458. The molecule has 0 aliphatic rings. The fourth-order valence-electron chi connectivity index (χ4n) is 1.60. The normalized spacial score (nSPS) is 10.0. The number of aliphatic carboxylic acids is 3. The number of hydrogen-bond acceptors (Lipinski definition) is 6. The summed E-state index contributed by atoms with van der Waals surface area (Å²) in [6.45, 7) is 4.06. The highest BCUT2D eigenvalue weighted by atomic mass is 16.4. The Hall–Kier alpha value is -2.00. The van der Waals surface area contributed by atoms with E-state index in [0.29, 0.717) is 0 Å². The summed E-state index contributed by atoms with van der Waals surface area (Å²) < 4.78 is 0. The van der Waals surface area contributed by atoms with Crippen LogP contribution in [0.3, 0.4) is 0 Å². The first-order chi connectivity index (χ1) is 10.2. The number of carbonyl (C=O) groups is 4. The Morgan fingerprint density at radius 2 is 0.955 bits per heavy atom. The van der Waals surface area contributed by atoms with Crippen LogP contribution >= 0.6 is 0 Å². The van der Waals surface area contributed by atoms with Crippen LogP contribution in [0.2, 0.25) is 0 Å². The van der Waals surface area contributed by atoms with E-state index in [4.69, 9.17) is 15.3 Å². The third kappa shape index (κ3) is 14.4. The lowest BCUT2D eigenvalue weighted by Gasteiger charge is -2.23. The van der Waals surface area contributed by atoms with Crippen LogP contribution in [0.25, 0.3) is 0 Å². The fourth-order valence-corrected chi connectivity index (χ4v) is 1.60. The maximum atomic E-state index is 11.0. The molecular weight excluding hydrogens is 296 g/mol. The van der Waals surface area contributed by atoms with Crippen molar-refractivity contribution in [2.75, 3.05) is 39.3 Å². The van der Waals surface area contributed by atoms with Crippen molar-refractivity contribution in [3.05, 3.63) is 0 Å². The largest absolute Gasteiger partial charge is 0.480 e. The molecule has 22 heavy (non-hydrogen) atoms. The van der Waals surface area contributed by atoms with Crippen LogP contribution < -0.4 is 0 Å². The number of ketones is 1. The molecule has 3 N–H and O–H groups in total. The SMILES string of the molecule is CC.CC(=O)CN(CCN(CC(=O)O)CC(=O)O)CC(=O)O. The van der Waals surface area contributed by atoms with Crippen LogP contribution in [0.15, 0.2) is 0 Å². The molecular formula is C13H24N2O7. The Labute approximate surface area is 129 Å². The number of nitrogens with zero attached hydrogens (tertiary/aromatic N) is 2. The lowest BCUT2D eigenvalue weighted by atomic mass is 10.3.